The van der Waals surface area contributed by atoms with Gasteiger partial charge in [-0.3, -0.25) is 4.79 Å². The van der Waals surface area contributed by atoms with E-state index in [0.29, 0.717) is 54.2 Å². The number of carbonyl (C=O) groups is 1. The summed E-state index contributed by atoms with van der Waals surface area (Å²) in [7, 11) is 0. The molecule has 0 bridgehead atoms. The molecule has 2 fully saturated rings. The van der Waals surface area contributed by atoms with E-state index >= 15 is 0 Å². The average molecular weight is 460 g/mol. The number of anilines is 2. The molecule has 4 heterocycles. The molecule has 0 aliphatic carbocycles. The highest BCUT2D eigenvalue weighted by Gasteiger charge is 2.28. The summed E-state index contributed by atoms with van der Waals surface area (Å²) in [6.07, 6.45) is 3.38. The van der Waals surface area contributed by atoms with E-state index in [-0.39, 0.29) is 23.5 Å². The van der Waals surface area contributed by atoms with Crippen LogP contribution in [0.15, 0.2) is 30.5 Å². The van der Waals surface area contributed by atoms with Crippen LogP contribution in [-0.2, 0) is 14.3 Å². The van der Waals surface area contributed by atoms with Crippen molar-refractivity contribution in [2.45, 2.75) is 38.4 Å². The topological polar surface area (TPSA) is 97.4 Å². The molecule has 2 aromatic heterocycles. The van der Waals surface area contributed by atoms with Crippen LogP contribution < -0.4 is 16.0 Å². The van der Waals surface area contributed by atoms with E-state index in [1.807, 2.05) is 32.0 Å². The fourth-order valence-corrected chi connectivity index (χ4v) is 3.95. The predicted molar refractivity (Wildman–Crippen MR) is 125 cm³/mol. The Morgan fingerprint density at radius 2 is 2.22 bits per heavy atom. The molecule has 2 atom stereocenters. The summed E-state index contributed by atoms with van der Waals surface area (Å²) in [6, 6.07) is 7.45. The van der Waals surface area contributed by atoms with Gasteiger partial charge in [-0.15, -0.1) is 0 Å². The normalized spacial score (nSPS) is 22.8. The summed E-state index contributed by atoms with van der Waals surface area (Å²) in [5, 5.41) is 9.95. The van der Waals surface area contributed by atoms with E-state index in [4.69, 9.17) is 21.1 Å². The Labute approximate surface area is 193 Å². The minimum Gasteiger partial charge on any atom is -0.371 e. The number of amides is 1. The van der Waals surface area contributed by atoms with Crippen molar-refractivity contribution >= 4 is 29.1 Å². The zero-order valence-corrected chi connectivity index (χ0v) is 19.2. The third-order valence-corrected chi connectivity index (χ3v) is 5.94. The summed E-state index contributed by atoms with van der Waals surface area (Å²) in [4.78, 5) is 21.5. The van der Waals surface area contributed by atoms with Gasteiger partial charge in [0.05, 0.1) is 41.6 Å². The van der Waals surface area contributed by atoms with Gasteiger partial charge in [-0.25, -0.2) is 9.97 Å². The fourth-order valence-electron chi connectivity index (χ4n) is 3.75. The smallest absolute Gasteiger partial charge is 0.229 e. The molecule has 0 saturated carbocycles. The first-order chi connectivity index (χ1) is 15.4. The number of rotatable bonds is 6. The van der Waals surface area contributed by atoms with Crippen LogP contribution in [0.3, 0.4) is 0 Å². The number of aromatic nitrogens is 2. The molecule has 1 amide bonds. The molecule has 2 aromatic rings. The van der Waals surface area contributed by atoms with Crippen molar-refractivity contribution in [3.63, 3.8) is 0 Å². The maximum Gasteiger partial charge on any atom is 0.229 e. The Morgan fingerprint density at radius 1 is 1.34 bits per heavy atom. The second-order valence-corrected chi connectivity index (χ2v) is 9.28. The molecule has 9 heteroatoms. The summed E-state index contributed by atoms with van der Waals surface area (Å²) < 4.78 is 11.7. The zero-order chi connectivity index (χ0) is 22.6. The van der Waals surface area contributed by atoms with Gasteiger partial charge >= 0.3 is 0 Å². The van der Waals surface area contributed by atoms with E-state index in [2.05, 4.69) is 25.9 Å². The largest absolute Gasteiger partial charge is 0.371 e. The van der Waals surface area contributed by atoms with Crippen LogP contribution in [0.2, 0.25) is 5.02 Å². The number of ether oxygens (including phenoxy) is 2. The Bertz CT molecular complexity index is 939. The maximum absolute atomic E-state index is 12.6. The van der Waals surface area contributed by atoms with Crippen LogP contribution in [-0.4, -0.2) is 60.4 Å². The van der Waals surface area contributed by atoms with Crippen LogP contribution in [0.5, 0.6) is 0 Å². The Kier molecular flexibility index (Phi) is 7.25. The van der Waals surface area contributed by atoms with Crippen LogP contribution in [0.1, 0.15) is 26.7 Å². The molecule has 8 nitrogen and oxygen atoms in total. The molecule has 32 heavy (non-hydrogen) atoms. The standard InChI is InChI=1S/C23H30ClN5O3/c1-23(2)14-31-16(13-32-23)11-26-20-7-3-6-19(28-20)17-9-21(27-12-18(17)24)29-22(30)15-5-4-8-25-10-15/h3,6-7,9,12,15-16,25H,4-5,8,10-11,13-14H2,1-2H3,(H,26,28)(H,27,29,30)/t15?,16-/m0/s1. The summed E-state index contributed by atoms with van der Waals surface area (Å²) in [5.74, 6) is 1.10. The average Bonchev–Trinajstić information content (AvgIpc) is 2.80. The molecule has 0 radical (unpaired) electrons. The summed E-state index contributed by atoms with van der Waals surface area (Å²) in [5.41, 5.74) is 1.16. The van der Waals surface area contributed by atoms with Crippen LogP contribution in [0.4, 0.5) is 11.6 Å². The molecule has 172 valence electrons. The van der Waals surface area contributed by atoms with Crippen LogP contribution >= 0.6 is 11.6 Å². The molecule has 0 spiro atoms. The highest BCUT2D eigenvalue weighted by atomic mass is 35.5. The quantitative estimate of drug-likeness (QED) is 0.609. The van der Waals surface area contributed by atoms with Gasteiger partial charge in [-0.1, -0.05) is 17.7 Å². The second-order valence-electron chi connectivity index (χ2n) is 8.87. The van der Waals surface area contributed by atoms with Crippen LogP contribution in [0, 0.1) is 5.92 Å². The molecule has 2 aliphatic rings. The Hall–Kier alpha value is -2.26. The van der Waals surface area contributed by atoms with Gasteiger partial charge in [0.25, 0.3) is 0 Å². The highest BCUT2D eigenvalue weighted by Crippen LogP contribution is 2.29. The van der Waals surface area contributed by atoms with Crippen molar-refractivity contribution < 1.29 is 14.3 Å². The second kappa shape index (κ2) is 10.1. The monoisotopic (exact) mass is 459 g/mol. The first-order valence-corrected chi connectivity index (χ1v) is 11.4. The predicted octanol–water partition coefficient (Wildman–Crippen LogP) is 3.34. The zero-order valence-electron chi connectivity index (χ0n) is 18.5. The lowest BCUT2D eigenvalue weighted by Crippen LogP contribution is -2.44. The molecule has 4 rings (SSSR count). The maximum atomic E-state index is 12.6. The van der Waals surface area contributed by atoms with Gasteiger partial charge in [0.1, 0.15) is 11.6 Å². The number of hydrogen-bond acceptors (Lipinski definition) is 7. The van der Waals surface area contributed by atoms with Gasteiger partial charge in [0, 0.05) is 24.8 Å². The Balaban J connectivity index is 1.41. The first kappa shape index (κ1) is 22.9. The third kappa shape index (κ3) is 5.95. The van der Waals surface area contributed by atoms with Gasteiger partial charge in [0.2, 0.25) is 5.91 Å². The number of piperidine rings is 1. The van der Waals surface area contributed by atoms with Crippen molar-refractivity contribution in [1.82, 2.24) is 15.3 Å². The number of pyridine rings is 2. The number of nitrogens with one attached hydrogen (secondary N) is 3. The lowest BCUT2D eigenvalue weighted by atomic mass is 9.99. The first-order valence-electron chi connectivity index (χ1n) is 11.0. The molecular weight excluding hydrogens is 430 g/mol. The van der Waals surface area contributed by atoms with Gasteiger partial charge in [-0.2, -0.15) is 0 Å². The number of carbonyl (C=O) groups excluding carboxylic acids is 1. The molecular formula is C23H30ClN5O3. The van der Waals surface area contributed by atoms with E-state index < -0.39 is 0 Å². The van der Waals surface area contributed by atoms with Gasteiger partial charge in [-0.05, 0) is 51.4 Å². The van der Waals surface area contributed by atoms with E-state index in [9.17, 15) is 4.79 Å². The lowest BCUT2D eigenvalue weighted by molar-refractivity contribution is -0.170. The highest BCUT2D eigenvalue weighted by molar-refractivity contribution is 6.33. The molecule has 2 saturated heterocycles. The van der Waals surface area contributed by atoms with E-state index in [1.54, 1.807) is 12.3 Å². The number of nitrogens with zero attached hydrogens (tertiary/aromatic N) is 2. The number of halogens is 1. The Morgan fingerprint density at radius 3 is 2.97 bits per heavy atom. The SMILES string of the molecule is CC1(C)CO[C@@H](CNc2cccc(-c3cc(NC(=O)C4CCCNC4)ncc3Cl)n2)CO1. The van der Waals surface area contributed by atoms with Gasteiger partial charge < -0.3 is 25.4 Å². The fraction of sp³-hybridized carbons (Fsp3) is 0.522. The number of hydrogen-bond donors (Lipinski definition) is 3. The van der Waals surface area contributed by atoms with Crippen molar-refractivity contribution in [2.24, 2.45) is 5.92 Å². The van der Waals surface area contributed by atoms with Crippen molar-refractivity contribution in [2.75, 3.05) is 43.5 Å². The molecule has 2 aliphatic heterocycles. The minimum absolute atomic E-state index is 0.0285. The molecule has 1 unspecified atom stereocenters. The van der Waals surface area contributed by atoms with Gasteiger partial charge in [0.15, 0.2) is 0 Å². The van der Waals surface area contributed by atoms with Crippen molar-refractivity contribution in [3.05, 3.63) is 35.5 Å². The molecule has 3 N–H and O–H groups in total. The van der Waals surface area contributed by atoms with E-state index in [0.717, 1.165) is 19.4 Å². The van der Waals surface area contributed by atoms with E-state index in [1.165, 1.54) is 0 Å². The minimum atomic E-state index is -0.243. The lowest BCUT2D eigenvalue weighted by Gasteiger charge is -2.35. The summed E-state index contributed by atoms with van der Waals surface area (Å²) >= 11 is 6.41. The van der Waals surface area contributed by atoms with Crippen LogP contribution in [0.25, 0.3) is 11.3 Å². The van der Waals surface area contributed by atoms with Crippen molar-refractivity contribution in [3.8, 4) is 11.3 Å². The third-order valence-electron chi connectivity index (χ3n) is 5.64. The summed E-state index contributed by atoms with van der Waals surface area (Å²) in [6.45, 7) is 7.37. The van der Waals surface area contributed by atoms with Crippen molar-refractivity contribution in [1.29, 1.82) is 0 Å². The molecule has 0 aromatic carbocycles.